The molecular weight excluding hydrogens is 654 g/mol. The van der Waals surface area contributed by atoms with E-state index in [1.54, 1.807) is 34.6 Å². The van der Waals surface area contributed by atoms with E-state index in [1.807, 2.05) is 65.0 Å². The Labute approximate surface area is 303 Å². The number of carbonyl (C=O) groups is 6. The maximum absolute atomic E-state index is 13.8. The van der Waals surface area contributed by atoms with Gasteiger partial charge >= 0.3 is 5.97 Å². The minimum absolute atomic E-state index is 0.0859. The predicted molar refractivity (Wildman–Crippen MR) is 196 cm³/mol. The summed E-state index contributed by atoms with van der Waals surface area (Å²) in [5.74, 6) is -4.74. The number of carboxylic acids is 1. The number of carboxylic acid groups (broad SMARTS) is 1. The Morgan fingerprint density at radius 2 is 1.16 bits per heavy atom. The first-order chi connectivity index (χ1) is 23.8. The van der Waals surface area contributed by atoms with Crippen LogP contribution in [-0.2, 0) is 35.2 Å². The van der Waals surface area contributed by atoms with Crippen LogP contribution in [0, 0.1) is 29.6 Å². The average Bonchev–Trinajstić information content (AvgIpc) is 3.02. The number of aliphatic hydroxyl groups excluding tert-OH is 1. The monoisotopic (exact) mass is 717 g/mol. The van der Waals surface area contributed by atoms with Gasteiger partial charge in [-0.25, -0.2) is 4.79 Å². The maximum Gasteiger partial charge on any atom is 0.326 e. The Balaban J connectivity index is 3.24. The molecule has 1 aromatic rings. The Morgan fingerprint density at radius 1 is 0.627 bits per heavy atom. The van der Waals surface area contributed by atoms with Gasteiger partial charge in [-0.3, -0.25) is 24.0 Å². The van der Waals surface area contributed by atoms with E-state index in [2.05, 4.69) is 26.6 Å². The Bertz CT molecular complexity index is 1290. The number of hydrogen-bond acceptors (Lipinski definition) is 7. The van der Waals surface area contributed by atoms with Crippen LogP contribution < -0.4 is 26.6 Å². The van der Waals surface area contributed by atoms with E-state index in [-0.39, 0.29) is 42.4 Å². The number of benzene rings is 1. The van der Waals surface area contributed by atoms with Crippen molar-refractivity contribution in [3.8, 4) is 0 Å². The minimum Gasteiger partial charge on any atom is -0.480 e. The van der Waals surface area contributed by atoms with Crippen LogP contribution in [0.15, 0.2) is 30.3 Å². The number of amides is 5. The second-order valence-electron chi connectivity index (χ2n) is 15.2. The lowest BCUT2D eigenvalue weighted by Gasteiger charge is -2.30. The molecule has 0 aliphatic rings. The largest absolute Gasteiger partial charge is 0.480 e. The molecule has 2 unspecified atom stereocenters. The van der Waals surface area contributed by atoms with Crippen molar-refractivity contribution in [1.29, 1.82) is 0 Å². The minimum atomic E-state index is -1.40. The molecule has 13 heteroatoms. The molecule has 7 N–H and O–H groups in total. The first kappa shape index (κ1) is 45.0. The standard InChI is InChI=1S/C38H63N5O8/c1-11-25(10)34(37(49)43-33(24(8)9)38(50)51)41-31(46)20-29(44)27(19-26-15-13-12-14-16-26)40-36(48)32(23(6)7)42-35(47)28(17-21(2)3)39-30(45)18-22(4)5/h12-16,21-25,27-29,32-34,44H,11,17-20H2,1-10H3,(H,39,45)(H,40,48)(H,41,46)(H,42,47)(H,43,49)(H,50,51)/t25-,27?,28-,29?,32-,33-,34-/m0/s1. The summed E-state index contributed by atoms with van der Waals surface area (Å²) < 4.78 is 0. The molecule has 0 spiro atoms. The summed E-state index contributed by atoms with van der Waals surface area (Å²) in [6, 6.07) is 4.05. The summed E-state index contributed by atoms with van der Waals surface area (Å²) in [5, 5.41) is 34.6. The number of nitrogens with one attached hydrogen (secondary N) is 5. The predicted octanol–water partition coefficient (Wildman–Crippen LogP) is 2.94. The van der Waals surface area contributed by atoms with Gasteiger partial charge in [-0.15, -0.1) is 0 Å². The van der Waals surface area contributed by atoms with E-state index >= 15 is 0 Å². The Morgan fingerprint density at radius 3 is 1.65 bits per heavy atom. The van der Waals surface area contributed by atoms with Crippen LogP contribution in [0.4, 0.5) is 0 Å². The highest BCUT2D eigenvalue weighted by Gasteiger charge is 2.34. The lowest BCUT2D eigenvalue weighted by molar-refractivity contribution is -0.143. The summed E-state index contributed by atoms with van der Waals surface area (Å²) >= 11 is 0. The van der Waals surface area contributed by atoms with Crippen molar-refractivity contribution in [3.05, 3.63) is 35.9 Å². The third-order valence-corrected chi connectivity index (χ3v) is 8.73. The molecule has 288 valence electrons. The second-order valence-corrected chi connectivity index (χ2v) is 15.2. The highest BCUT2D eigenvalue weighted by atomic mass is 16.4. The van der Waals surface area contributed by atoms with Gasteiger partial charge in [0.15, 0.2) is 0 Å². The number of aliphatic carboxylic acids is 1. The maximum atomic E-state index is 13.8. The number of carbonyl (C=O) groups excluding carboxylic acids is 5. The van der Waals surface area contributed by atoms with Crippen LogP contribution in [0.3, 0.4) is 0 Å². The van der Waals surface area contributed by atoms with E-state index in [0.717, 1.165) is 5.56 Å². The fourth-order valence-electron chi connectivity index (χ4n) is 5.56. The molecule has 0 aliphatic carbocycles. The summed E-state index contributed by atoms with van der Waals surface area (Å²) in [4.78, 5) is 78.1. The molecule has 0 heterocycles. The SMILES string of the molecule is CC[C@H](C)[C@H](NC(=O)CC(O)C(Cc1ccccc1)NC(=O)[C@@H](NC(=O)[C@H](CC(C)C)NC(=O)CC(C)C)C(C)C)C(=O)N[C@H](C(=O)O)C(C)C. The highest BCUT2D eigenvalue weighted by Crippen LogP contribution is 2.15. The normalized spacial score (nSPS) is 15.7. The van der Waals surface area contributed by atoms with E-state index in [9.17, 15) is 39.0 Å². The topological polar surface area (TPSA) is 203 Å². The van der Waals surface area contributed by atoms with Crippen LogP contribution in [0.25, 0.3) is 0 Å². The quantitative estimate of drug-likeness (QED) is 0.0948. The van der Waals surface area contributed by atoms with Crippen LogP contribution in [0.2, 0.25) is 0 Å². The Hall–Kier alpha value is -4.00. The molecule has 0 bridgehead atoms. The van der Waals surface area contributed by atoms with Gasteiger partial charge in [0.1, 0.15) is 24.2 Å². The van der Waals surface area contributed by atoms with E-state index in [0.29, 0.717) is 12.8 Å². The molecule has 5 amide bonds. The molecule has 0 aliphatic heterocycles. The molecule has 0 saturated heterocycles. The van der Waals surface area contributed by atoms with Crippen molar-refractivity contribution in [2.24, 2.45) is 29.6 Å². The zero-order chi connectivity index (χ0) is 39.0. The van der Waals surface area contributed by atoms with Crippen molar-refractivity contribution in [2.75, 3.05) is 0 Å². The summed E-state index contributed by atoms with van der Waals surface area (Å²) in [7, 11) is 0. The molecule has 0 aromatic heterocycles. The average molecular weight is 718 g/mol. The van der Waals surface area contributed by atoms with Gasteiger partial charge in [-0.2, -0.15) is 0 Å². The van der Waals surface area contributed by atoms with Crippen LogP contribution in [0.1, 0.15) is 100 Å². The number of aliphatic hydroxyl groups is 1. The van der Waals surface area contributed by atoms with Gasteiger partial charge < -0.3 is 36.8 Å². The summed E-state index contributed by atoms with van der Waals surface area (Å²) in [6.07, 6.45) is -0.575. The molecule has 13 nitrogen and oxygen atoms in total. The van der Waals surface area contributed by atoms with Gasteiger partial charge in [-0.05, 0) is 48.0 Å². The van der Waals surface area contributed by atoms with Crippen molar-refractivity contribution in [2.45, 2.75) is 138 Å². The molecule has 0 saturated carbocycles. The number of rotatable bonds is 22. The third kappa shape index (κ3) is 16.3. The van der Waals surface area contributed by atoms with E-state index in [1.165, 1.54) is 0 Å². The van der Waals surface area contributed by atoms with Crippen molar-refractivity contribution >= 4 is 35.5 Å². The summed E-state index contributed by atoms with van der Waals surface area (Å²) in [6.45, 7) is 18.1. The third-order valence-electron chi connectivity index (χ3n) is 8.73. The van der Waals surface area contributed by atoms with Crippen molar-refractivity contribution in [3.63, 3.8) is 0 Å². The second kappa shape index (κ2) is 22.0. The molecule has 1 aromatic carbocycles. The molecule has 7 atom stereocenters. The van der Waals surface area contributed by atoms with Crippen LogP contribution in [0.5, 0.6) is 0 Å². The Kier molecular flexibility index (Phi) is 19.5. The zero-order valence-corrected chi connectivity index (χ0v) is 32.1. The van der Waals surface area contributed by atoms with Crippen molar-refractivity contribution < 1.29 is 39.0 Å². The molecule has 0 fully saturated rings. The van der Waals surface area contributed by atoms with Gasteiger partial charge in [0, 0.05) is 6.42 Å². The van der Waals surface area contributed by atoms with E-state index in [4.69, 9.17) is 0 Å². The first-order valence-electron chi connectivity index (χ1n) is 18.2. The molecule has 0 radical (unpaired) electrons. The molecular formula is C38H63N5O8. The number of hydrogen-bond donors (Lipinski definition) is 7. The first-order valence-corrected chi connectivity index (χ1v) is 18.2. The van der Waals surface area contributed by atoms with Crippen LogP contribution in [-0.4, -0.2) is 82.0 Å². The fraction of sp³-hybridized carbons (Fsp3) is 0.684. The van der Waals surface area contributed by atoms with Gasteiger partial charge in [0.05, 0.1) is 18.6 Å². The van der Waals surface area contributed by atoms with Crippen molar-refractivity contribution in [1.82, 2.24) is 26.6 Å². The van der Waals surface area contributed by atoms with Crippen LogP contribution >= 0.6 is 0 Å². The van der Waals surface area contributed by atoms with Gasteiger partial charge in [-0.1, -0.05) is 106 Å². The van der Waals surface area contributed by atoms with Gasteiger partial charge in [0.25, 0.3) is 0 Å². The fourth-order valence-corrected chi connectivity index (χ4v) is 5.56. The lowest BCUT2D eigenvalue weighted by atomic mass is 9.95. The van der Waals surface area contributed by atoms with E-state index < -0.39 is 78.2 Å². The molecule has 1 rings (SSSR count). The zero-order valence-electron chi connectivity index (χ0n) is 32.1. The highest BCUT2D eigenvalue weighted by molar-refractivity contribution is 5.93. The smallest absolute Gasteiger partial charge is 0.326 e. The van der Waals surface area contributed by atoms with Gasteiger partial charge in [0.2, 0.25) is 29.5 Å². The lowest BCUT2D eigenvalue weighted by Crippen LogP contribution is -2.59. The molecule has 51 heavy (non-hydrogen) atoms. The summed E-state index contributed by atoms with van der Waals surface area (Å²) in [5.41, 5.74) is 0.780.